The van der Waals surface area contributed by atoms with Gasteiger partial charge in [-0.1, -0.05) is 25.5 Å². The van der Waals surface area contributed by atoms with Crippen LogP contribution in [0.25, 0.3) is 0 Å². The van der Waals surface area contributed by atoms with Gasteiger partial charge in [-0.25, -0.2) is 0 Å². The highest BCUT2D eigenvalue weighted by Gasteiger charge is 2.32. The highest BCUT2D eigenvalue weighted by atomic mass is 16.1. The summed E-state index contributed by atoms with van der Waals surface area (Å²) in [4.78, 5) is 11.1. The lowest BCUT2D eigenvalue weighted by atomic mass is 9.34. The van der Waals surface area contributed by atoms with Gasteiger partial charge < -0.3 is 4.79 Å². The van der Waals surface area contributed by atoms with Crippen LogP contribution in [-0.2, 0) is 4.79 Å². The molecular formula is C8H13BO. The van der Waals surface area contributed by atoms with Gasteiger partial charge in [-0.05, 0) is 12.2 Å². The zero-order valence-electron chi connectivity index (χ0n) is 6.31. The number of fused-ring (bicyclic) bond motifs is 2. The van der Waals surface area contributed by atoms with Gasteiger partial charge in [0.1, 0.15) is 12.5 Å². The zero-order chi connectivity index (χ0) is 6.97. The van der Waals surface area contributed by atoms with E-state index in [0.29, 0.717) is 5.78 Å². The predicted octanol–water partition coefficient (Wildman–Crippen LogP) is 1.86. The maximum atomic E-state index is 11.1. The lowest BCUT2D eigenvalue weighted by Gasteiger charge is -2.30. The van der Waals surface area contributed by atoms with E-state index in [-0.39, 0.29) is 0 Å². The minimum atomic E-state index is 0.529. The molecule has 0 N–H and O–H groups in total. The van der Waals surface area contributed by atoms with Gasteiger partial charge in [0.25, 0.3) is 0 Å². The molecule has 1 atom stereocenters. The van der Waals surface area contributed by atoms with Crippen LogP contribution in [0.5, 0.6) is 0 Å². The Morgan fingerprint density at radius 2 is 2.40 bits per heavy atom. The average molecular weight is 136 g/mol. The fraction of sp³-hybridized carbons (Fsp3) is 0.875. The minimum absolute atomic E-state index is 0.529. The molecule has 2 aliphatic heterocycles. The number of hydrogen-bond donors (Lipinski definition) is 0. The van der Waals surface area contributed by atoms with Gasteiger partial charge in [-0.15, -0.1) is 0 Å². The summed E-state index contributed by atoms with van der Waals surface area (Å²) in [5.41, 5.74) is 0. The topological polar surface area (TPSA) is 17.1 Å². The molecule has 2 aliphatic rings. The summed E-state index contributed by atoms with van der Waals surface area (Å²) in [5.74, 6) is 1.31. The van der Waals surface area contributed by atoms with Crippen molar-refractivity contribution < 1.29 is 4.79 Å². The number of hydrogen-bond acceptors (Lipinski definition) is 1. The Morgan fingerprint density at radius 1 is 1.50 bits per heavy atom. The van der Waals surface area contributed by atoms with Crippen LogP contribution >= 0.6 is 0 Å². The van der Waals surface area contributed by atoms with Crippen molar-refractivity contribution in [1.82, 2.24) is 0 Å². The molecule has 2 heteroatoms. The van der Waals surface area contributed by atoms with Crippen molar-refractivity contribution in [2.24, 2.45) is 5.92 Å². The third-order valence-corrected chi connectivity index (χ3v) is 2.92. The van der Waals surface area contributed by atoms with Crippen molar-refractivity contribution in [2.45, 2.75) is 38.2 Å². The van der Waals surface area contributed by atoms with Crippen molar-refractivity contribution in [3.63, 3.8) is 0 Å². The van der Waals surface area contributed by atoms with Gasteiger partial charge in [-0.3, -0.25) is 0 Å². The van der Waals surface area contributed by atoms with E-state index in [1.807, 2.05) is 0 Å². The Bertz CT molecular complexity index is 141. The number of carbonyl (C=O) groups excluding carboxylic acids is 1. The van der Waals surface area contributed by atoms with Crippen LogP contribution in [0.1, 0.15) is 19.3 Å². The van der Waals surface area contributed by atoms with Gasteiger partial charge in [-0.2, -0.15) is 0 Å². The second-order valence-corrected chi connectivity index (χ2v) is 3.85. The van der Waals surface area contributed by atoms with Crippen molar-refractivity contribution in [1.29, 1.82) is 0 Å². The van der Waals surface area contributed by atoms with Crippen LogP contribution in [0.3, 0.4) is 0 Å². The molecule has 0 aromatic rings. The maximum absolute atomic E-state index is 11.1. The van der Waals surface area contributed by atoms with E-state index in [2.05, 4.69) is 0 Å². The zero-order valence-corrected chi connectivity index (χ0v) is 6.31. The molecule has 0 aromatic carbocycles. The molecule has 0 aliphatic carbocycles. The maximum Gasteiger partial charge on any atom is 0.148 e. The van der Waals surface area contributed by atoms with E-state index < -0.39 is 0 Å². The molecule has 2 saturated heterocycles. The van der Waals surface area contributed by atoms with Crippen LogP contribution in [0, 0.1) is 5.92 Å². The first-order valence-corrected chi connectivity index (χ1v) is 4.36. The third-order valence-electron chi connectivity index (χ3n) is 2.92. The molecular weight excluding hydrogens is 123 g/mol. The number of Topliss-reactive ketones (excluding diaryl/α,β-unsaturated/α-hetero) is 1. The molecule has 1 unspecified atom stereocenters. The van der Waals surface area contributed by atoms with Crippen LogP contribution in [-0.4, -0.2) is 12.5 Å². The van der Waals surface area contributed by atoms with Crippen molar-refractivity contribution in [2.75, 3.05) is 0 Å². The fourth-order valence-electron chi connectivity index (χ4n) is 2.50. The first kappa shape index (κ1) is 6.45. The van der Waals surface area contributed by atoms with Crippen LogP contribution in [0.4, 0.5) is 0 Å². The minimum Gasteiger partial charge on any atom is -0.300 e. The lowest BCUT2D eigenvalue weighted by Crippen LogP contribution is -2.32. The number of rotatable bonds is 0. The second-order valence-electron chi connectivity index (χ2n) is 3.85. The molecule has 0 saturated carbocycles. The molecule has 0 amide bonds. The average Bonchev–Trinajstić information content (AvgIpc) is 1.85. The number of ketones is 1. The van der Waals surface area contributed by atoms with Gasteiger partial charge in [0, 0.05) is 6.42 Å². The molecule has 10 heavy (non-hydrogen) atoms. The monoisotopic (exact) mass is 136 g/mol. The highest BCUT2D eigenvalue weighted by Crippen LogP contribution is 2.34. The van der Waals surface area contributed by atoms with E-state index in [1.54, 1.807) is 0 Å². The Labute approximate surface area is 62.3 Å². The predicted molar refractivity (Wildman–Crippen MR) is 42.5 cm³/mol. The summed E-state index contributed by atoms with van der Waals surface area (Å²) in [6.07, 6.45) is 7.17. The van der Waals surface area contributed by atoms with Gasteiger partial charge >= 0.3 is 0 Å². The van der Waals surface area contributed by atoms with E-state index in [0.717, 1.165) is 25.4 Å². The first-order chi connectivity index (χ1) is 4.84. The van der Waals surface area contributed by atoms with E-state index in [1.165, 1.54) is 25.5 Å². The van der Waals surface area contributed by atoms with E-state index in [9.17, 15) is 4.79 Å². The SMILES string of the molecule is O=C1CB2CCCC(C2)C1. The fourth-order valence-corrected chi connectivity index (χ4v) is 2.50. The summed E-state index contributed by atoms with van der Waals surface area (Å²) in [7, 11) is 0. The molecule has 2 fully saturated rings. The summed E-state index contributed by atoms with van der Waals surface area (Å²) < 4.78 is 0. The number of carbonyl (C=O) groups is 1. The van der Waals surface area contributed by atoms with Gasteiger partial charge in [0.05, 0.1) is 0 Å². The summed E-state index contributed by atoms with van der Waals surface area (Å²) in [5, 5.41) is 0. The molecule has 2 bridgehead atoms. The Morgan fingerprint density at radius 3 is 3.20 bits per heavy atom. The van der Waals surface area contributed by atoms with Crippen molar-refractivity contribution >= 4 is 12.5 Å². The van der Waals surface area contributed by atoms with E-state index in [4.69, 9.17) is 0 Å². The van der Waals surface area contributed by atoms with Crippen LogP contribution < -0.4 is 0 Å². The molecule has 0 aromatic heterocycles. The molecule has 2 heterocycles. The largest absolute Gasteiger partial charge is 0.300 e. The Balaban J connectivity index is 2.05. The molecule has 0 spiro atoms. The van der Waals surface area contributed by atoms with Crippen molar-refractivity contribution in [3.8, 4) is 0 Å². The third kappa shape index (κ3) is 1.12. The normalized spacial score (nSPS) is 32.6. The molecule has 1 nitrogen and oxygen atoms in total. The quantitative estimate of drug-likeness (QED) is 0.464. The Kier molecular flexibility index (Phi) is 1.55. The lowest BCUT2D eigenvalue weighted by molar-refractivity contribution is -0.118. The molecule has 2 rings (SSSR count). The standard InChI is InChI=1S/C8H13BO/c10-8-4-7-2-1-3-9(5-7)6-8/h7H,1-6H2. The van der Waals surface area contributed by atoms with Gasteiger partial charge in [0.2, 0.25) is 0 Å². The van der Waals surface area contributed by atoms with E-state index >= 15 is 0 Å². The summed E-state index contributed by atoms with van der Waals surface area (Å²) in [6, 6.07) is 0. The highest BCUT2D eigenvalue weighted by molar-refractivity contribution is 6.63. The Hall–Kier alpha value is -0.265. The second kappa shape index (κ2) is 2.41. The van der Waals surface area contributed by atoms with Crippen molar-refractivity contribution in [3.05, 3.63) is 0 Å². The summed E-state index contributed by atoms with van der Waals surface area (Å²) in [6.45, 7) is 0.778. The smallest absolute Gasteiger partial charge is 0.148 e. The van der Waals surface area contributed by atoms with Gasteiger partial charge in [0.15, 0.2) is 0 Å². The van der Waals surface area contributed by atoms with Crippen LogP contribution in [0.15, 0.2) is 0 Å². The van der Waals surface area contributed by atoms with Crippen LogP contribution in [0.2, 0.25) is 19.0 Å². The molecule has 54 valence electrons. The summed E-state index contributed by atoms with van der Waals surface area (Å²) >= 11 is 0. The molecule has 0 radical (unpaired) electrons. The first-order valence-electron chi connectivity index (χ1n) is 4.36.